The summed E-state index contributed by atoms with van der Waals surface area (Å²) in [7, 11) is 0. The number of unbranched alkanes of at least 4 members (excludes halogenated alkanes) is 2. The Kier molecular flexibility index (Phi) is 10.8. The molecule has 7 heteroatoms. The van der Waals surface area contributed by atoms with Crippen molar-refractivity contribution in [3.05, 3.63) is 50.9 Å². The SMILES string of the molecule is CCCCN(CCCC)c1nc(-c2c(C)cccc2C)c(/C=C2\C(=O)C(C(C)C(=O)C(C)(C)C)C(=O)C(C#N)=C2C)s1. The van der Waals surface area contributed by atoms with Crippen LogP contribution in [0.25, 0.3) is 17.3 Å². The Balaban J connectivity index is 2.28. The molecule has 42 heavy (non-hydrogen) atoms. The fourth-order valence-electron chi connectivity index (χ4n) is 5.61. The predicted molar refractivity (Wildman–Crippen MR) is 172 cm³/mol. The fourth-order valence-corrected chi connectivity index (χ4v) is 6.67. The molecule has 0 saturated carbocycles. The van der Waals surface area contributed by atoms with Crippen LogP contribution in [0.15, 0.2) is 34.9 Å². The van der Waals surface area contributed by atoms with Crippen molar-refractivity contribution in [1.82, 2.24) is 4.98 Å². The highest BCUT2D eigenvalue weighted by Gasteiger charge is 2.45. The van der Waals surface area contributed by atoms with Gasteiger partial charge in [-0.15, -0.1) is 0 Å². The van der Waals surface area contributed by atoms with E-state index in [0.717, 1.165) is 71.2 Å². The maximum atomic E-state index is 14.1. The quantitative estimate of drug-likeness (QED) is 0.195. The van der Waals surface area contributed by atoms with Crippen LogP contribution in [-0.2, 0) is 14.4 Å². The standard InChI is InChI=1S/C35H45N3O3S/c1-10-12-17-38(18-13-11-2)34-37-30(28-21(3)15-14-16-22(28)4)27(42-34)19-25-23(5)26(20-36)32(40)29(31(25)39)24(6)33(41)35(7,8)9/h14-16,19,24,29H,10-13,17-18H2,1-9H3/b25-19-. The van der Waals surface area contributed by atoms with E-state index in [1.807, 2.05) is 18.2 Å². The van der Waals surface area contributed by atoms with Gasteiger partial charge in [-0.25, -0.2) is 4.98 Å². The molecule has 2 unspecified atom stereocenters. The van der Waals surface area contributed by atoms with Crippen LogP contribution in [0.1, 0.15) is 90.2 Å². The summed E-state index contributed by atoms with van der Waals surface area (Å²) in [5.74, 6) is -3.21. The van der Waals surface area contributed by atoms with Crippen molar-refractivity contribution in [3.8, 4) is 17.3 Å². The largest absolute Gasteiger partial charge is 0.348 e. The smallest absolute Gasteiger partial charge is 0.186 e. The summed E-state index contributed by atoms with van der Waals surface area (Å²) in [5, 5.41) is 10.9. The number of hydrogen-bond donors (Lipinski definition) is 0. The van der Waals surface area contributed by atoms with Crippen LogP contribution in [-0.4, -0.2) is 35.4 Å². The Hall–Kier alpha value is -3.37. The molecule has 0 aliphatic heterocycles. The van der Waals surface area contributed by atoms with Gasteiger partial charge in [0.1, 0.15) is 11.9 Å². The van der Waals surface area contributed by atoms with E-state index in [2.05, 4.69) is 44.7 Å². The number of nitriles is 1. The Morgan fingerprint density at radius 2 is 1.64 bits per heavy atom. The zero-order valence-electron chi connectivity index (χ0n) is 26.7. The first-order valence-corrected chi connectivity index (χ1v) is 15.9. The van der Waals surface area contributed by atoms with Crippen LogP contribution < -0.4 is 4.90 Å². The van der Waals surface area contributed by atoms with Crippen molar-refractivity contribution in [3.63, 3.8) is 0 Å². The van der Waals surface area contributed by atoms with Gasteiger partial charge in [0, 0.05) is 35.6 Å². The number of nitrogens with zero attached hydrogens (tertiary/aromatic N) is 3. The number of allylic oxidation sites excluding steroid dienone is 3. The van der Waals surface area contributed by atoms with E-state index in [9.17, 15) is 19.6 Å². The second-order valence-electron chi connectivity index (χ2n) is 12.4. The number of aromatic nitrogens is 1. The topological polar surface area (TPSA) is 91.1 Å². The first-order valence-electron chi connectivity index (χ1n) is 15.1. The van der Waals surface area contributed by atoms with Crippen LogP contribution in [0.3, 0.4) is 0 Å². The molecule has 1 heterocycles. The molecule has 2 aromatic rings. The molecule has 0 spiro atoms. The highest BCUT2D eigenvalue weighted by Crippen LogP contribution is 2.41. The Labute approximate surface area is 255 Å². The zero-order valence-corrected chi connectivity index (χ0v) is 27.5. The Bertz CT molecular complexity index is 1440. The first-order chi connectivity index (χ1) is 19.8. The lowest BCUT2D eigenvalue weighted by molar-refractivity contribution is -0.140. The molecule has 1 aromatic carbocycles. The molecule has 1 aliphatic rings. The van der Waals surface area contributed by atoms with E-state index >= 15 is 0 Å². The second kappa shape index (κ2) is 13.7. The van der Waals surface area contributed by atoms with E-state index < -0.39 is 28.8 Å². The molecule has 6 nitrogen and oxygen atoms in total. The molecule has 0 bridgehead atoms. The average molecular weight is 588 g/mol. The molecule has 1 aliphatic carbocycles. The molecule has 1 aromatic heterocycles. The van der Waals surface area contributed by atoms with Gasteiger partial charge in [-0.3, -0.25) is 14.4 Å². The van der Waals surface area contributed by atoms with Crippen LogP contribution >= 0.6 is 11.3 Å². The number of rotatable bonds is 11. The van der Waals surface area contributed by atoms with Crippen LogP contribution in [0.5, 0.6) is 0 Å². The zero-order chi connectivity index (χ0) is 31.4. The molecule has 2 atom stereocenters. The lowest BCUT2D eigenvalue weighted by Crippen LogP contribution is -2.42. The van der Waals surface area contributed by atoms with Gasteiger partial charge in [-0.1, -0.05) is 83.9 Å². The van der Waals surface area contributed by atoms with Crippen molar-refractivity contribution in [2.24, 2.45) is 17.3 Å². The minimum absolute atomic E-state index is 0.0507. The summed E-state index contributed by atoms with van der Waals surface area (Å²) in [5.41, 5.74) is 3.86. The highest BCUT2D eigenvalue weighted by molar-refractivity contribution is 7.17. The predicted octanol–water partition coefficient (Wildman–Crippen LogP) is 8.08. The monoisotopic (exact) mass is 587 g/mol. The lowest BCUT2D eigenvalue weighted by Gasteiger charge is -2.30. The van der Waals surface area contributed by atoms with Gasteiger partial charge in [0.15, 0.2) is 16.7 Å². The number of hydrogen-bond acceptors (Lipinski definition) is 7. The van der Waals surface area contributed by atoms with Crippen LogP contribution in [0.2, 0.25) is 0 Å². The van der Waals surface area contributed by atoms with Crippen molar-refractivity contribution in [2.45, 2.75) is 88.0 Å². The summed E-state index contributed by atoms with van der Waals surface area (Å²) in [6, 6.07) is 8.18. The van der Waals surface area contributed by atoms with Crippen LogP contribution in [0, 0.1) is 42.4 Å². The fraction of sp³-hybridized carbons (Fsp3) is 0.514. The van der Waals surface area contributed by atoms with Gasteiger partial charge in [-0.2, -0.15) is 5.26 Å². The molecule has 0 amide bonds. The normalized spacial score (nSPS) is 17.5. The lowest BCUT2D eigenvalue weighted by atomic mass is 9.69. The van der Waals surface area contributed by atoms with E-state index in [1.54, 1.807) is 34.6 Å². The number of carbonyl (C=O) groups is 3. The third-order valence-corrected chi connectivity index (χ3v) is 9.15. The number of ketones is 3. The van der Waals surface area contributed by atoms with Gasteiger partial charge in [0.05, 0.1) is 22.1 Å². The number of Topliss-reactive ketones (excluding diaryl/α,β-unsaturated/α-hetero) is 3. The number of carbonyl (C=O) groups excluding carboxylic acids is 3. The van der Waals surface area contributed by atoms with E-state index in [-0.39, 0.29) is 11.4 Å². The van der Waals surface area contributed by atoms with Gasteiger partial charge < -0.3 is 4.90 Å². The number of aryl methyl sites for hydroxylation is 2. The summed E-state index contributed by atoms with van der Waals surface area (Å²) < 4.78 is 0. The van der Waals surface area contributed by atoms with Crippen molar-refractivity contribution in [1.29, 1.82) is 5.26 Å². The number of anilines is 1. The molecular weight excluding hydrogens is 542 g/mol. The van der Waals surface area contributed by atoms with Crippen molar-refractivity contribution in [2.75, 3.05) is 18.0 Å². The first kappa shape index (κ1) is 33.1. The Morgan fingerprint density at radius 3 is 2.14 bits per heavy atom. The van der Waals surface area contributed by atoms with Gasteiger partial charge in [-0.05, 0) is 56.4 Å². The van der Waals surface area contributed by atoms with Gasteiger partial charge in [0.25, 0.3) is 0 Å². The van der Waals surface area contributed by atoms with Gasteiger partial charge in [0.2, 0.25) is 0 Å². The van der Waals surface area contributed by atoms with E-state index in [0.29, 0.717) is 11.1 Å². The van der Waals surface area contributed by atoms with E-state index in [4.69, 9.17) is 4.98 Å². The third kappa shape index (κ3) is 6.81. The third-order valence-electron chi connectivity index (χ3n) is 8.09. The minimum Gasteiger partial charge on any atom is -0.348 e. The molecule has 0 saturated heterocycles. The number of benzene rings is 1. The maximum absolute atomic E-state index is 14.1. The van der Waals surface area contributed by atoms with Gasteiger partial charge >= 0.3 is 0 Å². The molecule has 3 rings (SSSR count). The molecule has 0 N–H and O–H groups in total. The Morgan fingerprint density at radius 1 is 1.07 bits per heavy atom. The molecule has 0 fully saturated rings. The van der Waals surface area contributed by atoms with E-state index in [1.165, 1.54) is 11.3 Å². The highest BCUT2D eigenvalue weighted by atomic mass is 32.1. The number of thiazole rings is 1. The molecular formula is C35H45N3O3S. The second-order valence-corrected chi connectivity index (χ2v) is 13.5. The van der Waals surface area contributed by atoms with Crippen LogP contribution in [0.4, 0.5) is 5.13 Å². The average Bonchev–Trinajstić information content (AvgIpc) is 3.33. The maximum Gasteiger partial charge on any atom is 0.186 e. The van der Waals surface area contributed by atoms with Crippen molar-refractivity contribution >= 4 is 39.9 Å². The molecule has 224 valence electrons. The van der Waals surface area contributed by atoms with Crippen molar-refractivity contribution < 1.29 is 14.4 Å². The molecule has 0 radical (unpaired) electrons. The minimum atomic E-state index is -1.22. The summed E-state index contributed by atoms with van der Waals surface area (Å²) >= 11 is 1.54. The summed E-state index contributed by atoms with van der Waals surface area (Å²) in [6.45, 7) is 18.9. The summed E-state index contributed by atoms with van der Waals surface area (Å²) in [4.78, 5) is 49.0. The summed E-state index contributed by atoms with van der Waals surface area (Å²) in [6.07, 6.45) is 6.06.